The lowest BCUT2D eigenvalue weighted by Gasteiger charge is -2.19. The summed E-state index contributed by atoms with van der Waals surface area (Å²) in [5, 5.41) is 8.10. The summed E-state index contributed by atoms with van der Waals surface area (Å²) in [6, 6.07) is 25.3. The average molecular weight is 369 g/mol. The maximum absolute atomic E-state index is 13.3. The van der Waals surface area contributed by atoms with Gasteiger partial charge >= 0.3 is 0 Å². The molecule has 1 atom stereocenters. The Morgan fingerprint density at radius 3 is 2.57 bits per heavy atom. The van der Waals surface area contributed by atoms with E-state index in [1.165, 1.54) is 23.3 Å². The van der Waals surface area contributed by atoms with Crippen LogP contribution in [0.1, 0.15) is 23.6 Å². The molecule has 0 radical (unpaired) electrons. The molecule has 0 fully saturated rings. The Balaban J connectivity index is 1.53. The van der Waals surface area contributed by atoms with Crippen LogP contribution in [0.4, 0.5) is 21.6 Å². The molecule has 0 saturated carbocycles. The Hall–Kier alpha value is -3.40. The van der Waals surface area contributed by atoms with Gasteiger partial charge in [0.05, 0.1) is 17.2 Å². The first-order chi connectivity index (χ1) is 13.8. The fourth-order valence-corrected chi connectivity index (χ4v) is 3.88. The van der Waals surface area contributed by atoms with E-state index in [2.05, 4.69) is 41.0 Å². The van der Waals surface area contributed by atoms with E-state index < -0.39 is 0 Å². The SMILES string of the molecule is Fc1ccc(Nc2cc3ccccc3nc2N[C@@H]2CCc3ccccc32)cc1. The molecule has 138 valence electrons. The molecule has 1 aliphatic rings. The van der Waals surface area contributed by atoms with E-state index in [1.54, 1.807) is 12.1 Å². The van der Waals surface area contributed by atoms with Gasteiger partial charge in [0.15, 0.2) is 5.82 Å². The minimum absolute atomic E-state index is 0.235. The molecule has 0 spiro atoms. The van der Waals surface area contributed by atoms with Crippen molar-refractivity contribution in [2.24, 2.45) is 0 Å². The summed E-state index contributed by atoms with van der Waals surface area (Å²) in [7, 11) is 0. The molecule has 0 amide bonds. The van der Waals surface area contributed by atoms with Crippen molar-refractivity contribution in [3.8, 4) is 0 Å². The summed E-state index contributed by atoms with van der Waals surface area (Å²) in [4.78, 5) is 4.88. The van der Waals surface area contributed by atoms with E-state index in [1.807, 2.05) is 24.3 Å². The minimum Gasteiger partial charge on any atom is -0.362 e. The third-order valence-electron chi connectivity index (χ3n) is 5.29. The maximum atomic E-state index is 13.3. The van der Waals surface area contributed by atoms with E-state index in [0.717, 1.165) is 40.9 Å². The molecule has 5 rings (SSSR count). The Bertz CT molecular complexity index is 1140. The van der Waals surface area contributed by atoms with Crippen LogP contribution >= 0.6 is 0 Å². The molecule has 2 N–H and O–H groups in total. The number of hydrogen-bond acceptors (Lipinski definition) is 3. The van der Waals surface area contributed by atoms with Crippen LogP contribution in [0.15, 0.2) is 78.9 Å². The number of nitrogens with one attached hydrogen (secondary N) is 2. The summed E-state index contributed by atoms with van der Waals surface area (Å²) in [6.07, 6.45) is 2.12. The van der Waals surface area contributed by atoms with Crippen molar-refractivity contribution >= 4 is 28.1 Å². The van der Waals surface area contributed by atoms with Gasteiger partial charge in [-0.2, -0.15) is 0 Å². The van der Waals surface area contributed by atoms with Gasteiger partial charge in [0, 0.05) is 11.1 Å². The van der Waals surface area contributed by atoms with Gasteiger partial charge in [-0.15, -0.1) is 0 Å². The molecule has 0 unspecified atom stereocenters. The first-order valence-corrected chi connectivity index (χ1v) is 9.53. The molecule has 3 aromatic carbocycles. The lowest BCUT2D eigenvalue weighted by atomic mass is 10.1. The fourth-order valence-electron chi connectivity index (χ4n) is 3.88. The predicted octanol–water partition coefficient (Wildman–Crippen LogP) is 6.22. The number of anilines is 3. The van der Waals surface area contributed by atoms with Crippen molar-refractivity contribution in [1.82, 2.24) is 4.98 Å². The zero-order chi connectivity index (χ0) is 18.9. The van der Waals surface area contributed by atoms with E-state index >= 15 is 0 Å². The van der Waals surface area contributed by atoms with Crippen LogP contribution in [-0.2, 0) is 6.42 Å². The van der Waals surface area contributed by atoms with Crippen LogP contribution in [0.3, 0.4) is 0 Å². The standard InChI is InChI=1S/C24H20FN3/c25-18-10-12-19(13-11-18)26-23-15-17-6-2-4-8-21(17)27-24(23)28-22-14-9-16-5-1-3-7-20(16)22/h1-8,10-13,15,22,26H,9,14H2,(H,27,28)/t22-/m1/s1. The van der Waals surface area contributed by atoms with E-state index in [0.29, 0.717) is 0 Å². The third-order valence-corrected chi connectivity index (χ3v) is 5.29. The number of para-hydroxylation sites is 1. The number of rotatable bonds is 4. The van der Waals surface area contributed by atoms with Gasteiger partial charge in [0.2, 0.25) is 0 Å². The van der Waals surface area contributed by atoms with Crippen LogP contribution < -0.4 is 10.6 Å². The normalized spacial score (nSPS) is 15.4. The topological polar surface area (TPSA) is 37.0 Å². The third kappa shape index (κ3) is 3.18. The van der Waals surface area contributed by atoms with Gasteiger partial charge in [-0.1, -0.05) is 42.5 Å². The molecular formula is C24H20FN3. The number of hydrogen-bond donors (Lipinski definition) is 2. The molecule has 28 heavy (non-hydrogen) atoms. The lowest BCUT2D eigenvalue weighted by molar-refractivity contribution is 0.628. The number of benzene rings is 3. The molecule has 0 aliphatic heterocycles. The number of aryl methyl sites for hydroxylation is 1. The highest BCUT2D eigenvalue weighted by molar-refractivity contribution is 5.88. The summed E-state index contributed by atoms with van der Waals surface area (Å²) in [5.41, 5.74) is 5.39. The number of halogens is 1. The van der Waals surface area contributed by atoms with Gasteiger partial charge < -0.3 is 10.6 Å². The Morgan fingerprint density at radius 1 is 0.893 bits per heavy atom. The largest absolute Gasteiger partial charge is 0.362 e. The fraction of sp³-hybridized carbons (Fsp3) is 0.125. The molecule has 4 aromatic rings. The van der Waals surface area contributed by atoms with Crippen LogP contribution in [0.5, 0.6) is 0 Å². The molecule has 3 nitrogen and oxygen atoms in total. The van der Waals surface area contributed by atoms with E-state index in [9.17, 15) is 4.39 Å². The van der Waals surface area contributed by atoms with Crippen LogP contribution in [0.2, 0.25) is 0 Å². The first kappa shape index (κ1) is 16.8. The lowest BCUT2D eigenvalue weighted by Crippen LogP contribution is -2.10. The van der Waals surface area contributed by atoms with Crippen molar-refractivity contribution in [1.29, 1.82) is 0 Å². The number of pyridine rings is 1. The summed E-state index contributed by atoms with van der Waals surface area (Å²) in [5.74, 6) is 0.563. The number of aromatic nitrogens is 1. The second-order valence-electron chi connectivity index (χ2n) is 7.14. The average Bonchev–Trinajstić information content (AvgIpc) is 3.13. The highest BCUT2D eigenvalue weighted by atomic mass is 19.1. The first-order valence-electron chi connectivity index (χ1n) is 9.53. The van der Waals surface area contributed by atoms with Crippen molar-refractivity contribution in [3.63, 3.8) is 0 Å². The second kappa shape index (κ2) is 6.97. The smallest absolute Gasteiger partial charge is 0.150 e. The van der Waals surface area contributed by atoms with Crippen molar-refractivity contribution in [2.75, 3.05) is 10.6 Å². The quantitative estimate of drug-likeness (QED) is 0.448. The molecule has 4 heteroatoms. The van der Waals surface area contributed by atoms with Gasteiger partial charge in [-0.3, -0.25) is 0 Å². The highest BCUT2D eigenvalue weighted by Crippen LogP contribution is 2.36. The minimum atomic E-state index is -0.247. The Kier molecular flexibility index (Phi) is 4.17. The summed E-state index contributed by atoms with van der Waals surface area (Å²) in [6.45, 7) is 0. The zero-order valence-corrected chi connectivity index (χ0v) is 15.3. The maximum Gasteiger partial charge on any atom is 0.150 e. The molecule has 1 aromatic heterocycles. The zero-order valence-electron chi connectivity index (χ0n) is 15.3. The Morgan fingerprint density at radius 2 is 1.68 bits per heavy atom. The predicted molar refractivity (Wildman–Crippen MR) is 113 cm³/mol. The Labute approximate surface area is 163 Å². The van der Waals surface area contributed by atoms with Gasteiger partial charge in [0.1, 0.15) is 5.82 Å². The molecule has 0 saturated heterocycles. The molecule has 1 heterocycles. The van der Waals surface area contributed by atoms with Crippen molar-refractivity contribution in [2.45, 2.75) is 18.9 Å². The van der Waals surface area contributed by atoms with Crippen LogP contribution in [0.25, 0.3) is 10.9 Å². The highest BCUT2D eigenvalue weighted by Gasteiger charge is 2.23. The number of fused-ring (bicyclic) bond motifs is 2. The second-order valence-corrected chi connectivity index (χ2v) is 7.14. The summed E-state index contributed by atoms with van der Waals surface area (Å²) < 4.78 is 13.3. The van der Waals surface area contributed by atoms with Crippen LogP contribution in [0, 0.1) is 5.82 Å². The molecular weight excluding hydrogens is 349 g/mol. The monoisotopic (exact) mass is 369 g/mol. The molecule has 1 aliphatic carbocycles. The van der Waals surface area contributed by atoms with E-state index in [4.69, 9.17) is 4.98 Å². The van der Waals surface area contributed by atoms with E-state index in [-0.39, 0.29) is 11.9 Å². The number of nitrogens with zero attached hydrogens (tertiary/aromatic N) is 1. The van der Waals surface area contributed by atoms with Gasteiger partial charge in [0.25, 0.3) is 0 Å². The summed E-state index contributed by atoms with van der Waals surface area (Å²) >= 11 is 0. The van der Waals surface area contributed by atoms with Gasteiger partial charge in [-0.25, -0.2) is 9.37 Å². The van der Waals surface area contributed by atoms with Gasteiger partial charge in [-0.05, 0) is 60.4 Å². The molecule has 0 bridgehead atoms. The van der Waals surface area contributed by atoms with Crippen molar-refractivity contribution in [3.05, 3.63) is 95.8 Å². The van der Waals surface area contributed by atoms with Crippen molar-refractivity contribution < 1.29 is 4.39 Å². The van der Waals surface area contributed by atoms with Crippen LogP contribution in [-0.4, -0.2) is 4.98 Å².